The summed E-state index contributed by atoms with van der Waals surface area (Å²) >= 11 is 0. The highest BCUT2D eigenvalue weighted by atomic mass is 19.1. The topological polar surface area (TPSA) is 47.3 Å². The molecule has 5 heteroatoms. The molecule has 0 saturated carbocycles. The summed E-state index contributed by atoms with van der Waals surface area (Å²) in [6, 6.07) is 17.2. The molecule has 2 saturated heterocycles. The molecule has 0 N–H and O–H groups in total. The Labute approximate surface area is 177 Å². The number of nitriles is 1. The van der Waals surface area contributed by atoms with Gasteiger partial charge in [0.1, 0.15) is 5.82 Å². The van der Waals surface area contributed by atoms with E-state index in [1.807, 2.05) is 35.2 Å². The van der Waals surface area contributed by atoms with E-state index in [-0.39, 0.29) is 23.6 Å². The number of amides is 1. The van der Waals surface area contributed by atoms with E-state index < -0.39 is 0 Å². The third kappa shape index (κ3) is 4.55. The normalized spacial score (nSPS) is 18.9. The summed E-state index contributed by atoms with van der Waals surface area (Å²) in [6.07, 6.45) is 3.32. The zero-order valence-corrected chi connectivity index (χ0v) is 17.3. The predicted molar refractivity (Wildman–Crippen MR) is 115 cm³/mol. The summed E-state index contributed by atoms with van der Waals surface area (Å²) in [4.78, 5) is 17.2. The van der Waals surface area contributed by atoms with Gasteiger partial charge < -0.3 is 4.90 Å². The van der Waals surface area contributed by atoms with Crippen LogP contribution >= 0.6 is 0 Å². The maximum atomic E-state index is 14.3. The molecule has 2 aromatic rings. The molecule has 2 fully saturated rings. The van der Waals surface area contributed by atoms with Gasteiger partial charge in [-0.1, -0.05) is 42.5 Å². The fourth-order valence-electron chi connectivity index (χ4n) is 4.67. The van der Waals surface area contributed by atoms with Crippen molar-refractivity contribution in [2.75, 3.05) is 26.2 Å². The Hall–Kier alpha value is -2.71. The minimum atomic E-state index is -0.200. The van der Waals surface area contributed by atoms with E-state index >= 15 is 0 Å². The van der Waals surface area contributed by atoms with Crippen LogP contribution in [0.25, 0.3) is 11.1 Å². The average Bonchev–Trinajstić information content (AvgIpc) is 2.80. The molecule has 1 amide bonds. The van der Waals surface area contributed by atoms with Gasteiger partial charge in [0.05, 0.1) is 6.07 Å². The second-order valence-corrected chi connectivity index (χ2v) is 8.42. The van der Waals surface area contributed by atoms with Crippen LogP contribution in [0.4, 0.5) is 4.39 Å². The highest BCUT2D eigenvalue weighted by molar-refractivity contribution is 5.79. The van der Waals surface area contributed by atoms with Crippen LogP contribution in [0.2, 0.25) is 0 Å². The Kier molecular flexibility index (Phi) is 6.44. The summed E-state index contributed by atoms with van der Waals surface area (Å²) < 4.78 is 14.3. The van der Waals surface area contributed by atoms with E-state index in [4.69, 9.17) is 5.26 Å². The van der Waals surface area contributed by atoms with Crippen molar-refractivity contribution in [2.24, 2.45) is 11.8 Å². The number of likely N-dealkylation sites (tertiary alicyclic amines) is 2. The number of halogens is 1. The van der Waals surface area contributed by atoms with E-state index in [9.17, 15) is 9.18 Å². The highest BCUT2D eigenvalue weighted by Gasteiger charge is 2.31. The first-order chi connectivity index (χ1) is 14.7. The Morgan fingerprint density at radius 3 is 2.23 bits per heavy atom. The molecule has 0 aliphatic carbocycles. The van der Waals surface area contributed by atoms with Gasteiger partial charge in [-0.05, 0) is 56.0 Å². The lowest BCUT2D eigenvalue weighted by Gasteiger charge is -2.36. The van der Waals surface area contributed by atoms with E-state index in [1.54, 1.807) is 6.07 Å². The lowest BCUT2D eigenvalue weighted by Crippen LogP contribution is -2.45. The molecule has 30 heavy (non-hydrogen) atoms. The van der Waals surface area contributed by atoms with Crippen molar-refractivity contribution in [3.8, 4) is 17.2 Å². The van der Waals surface area contributed by atoms with Crippen LogP contribution < -0.4 is 0 Å². The van der Waals surface area contributed by atoms with Crippen molar-refractivity contribution in [3.63, 3.8) is 0 Å². The van der Waals surface area contributed by atoms with Crippen molar-refractivity contribution < 1.29 is 9.18 Å². The van der Waals surface area contributed by atoms with Crippen LogP contribution in [0.15, 0.2) is 48.5 Å². The van der Waals surface area contributed by atoms with Gasteiger partial charge in [-0.3, -0.25) is 9.69 Å². The zero-order chi connectivity index (χ0) is 20.9. The molecule has 0 spiro atoms. The van der Waals surface area contributed by atoms with Gasteiger partial charge in [-0.15, -0.1) is 0 Å². The number of hydrogen-bond acceptors (Lipinski definition) is 3. The number of carbonyl (C=O) groups is 1. The molecule has 0 unspecified atom stereocenters. The lowest BCUT2D eigenvalue weighted by molar-refractivity contribution is -0.138. The van der Waals surface area contributed by atoms with Gasteiger partial charge in [-0.25, -0.2) is 4.39 Å². The third-order valence-electron chi connectivity index (χ3n) is 6.50. The number of rotatable bonds is 4. The van der Waals surface area contributed by atoms with Gasteiger partial charge in [0.2, 0.25) is 5.91 Å². The fourth-order valence-corrected chi connectivity index (χ4v) is 4.67. The Morgan fingerprint density at radius 2 is 1.57 bits per heavy atom. The molecule has 4 nitrogen and oxygen atoms in total. The number of carbonyl (C=O) groups excluding carboxylic acids is 1. The summed E-state index contributed by atoms with van der Waals surface area (Å²) in [7, 11) is 0. The third-order valence-corrected chi connectivity index (χ3v) is 6.50. The number of nitrogens with zero attached hydrogens (tertiary/aromatic N) is 3. The number of hydrogen-bond donors (Lipinski definition) is 0. The van der Waals surface area contributed by atoms with Gasteiger partial charge in [0, 0.05) is 37.0 Å². The van der Waals surface area contributed by atoms with Gasteiger partial charge >= 0.3 is 0 Å². The smallest absolute Gasteiger partial charge is 0.225 e. The van der Waals surface area contributed by atoms with Crippen LogP contribution in [0.1, 0.15) is 31.2 Å². The number of piperidine rings is 2. The molecule has 2 aromatic carbocycles. The zero-order valence-electron chi connectivity index (χ0n) is 17.3. The molecule has 2 heterocycles. The quantitative estimate of drug-likeness (QED) is 0.754. The van der Waals surface area contributed by atoms with Crippen molar-refractivity contribution in [1.82, 2.24) is 9.80 Å². The first-order valence-electron chi connectivity index (χ1n) is 10.9. The van der Waals surface area contributed by atoms with Crippen molar-refractivity contribution >= 4 is 5.91 Å². The summed E-state index contributed by atoms with van der Waals surface area (Å²) in [5, 5.41) is 9.04. The van der Waals surface area contributed by atoms with Gasteiger partial charge in [0.15, 0.2) is 0 Å². The number of benzene rings is 2. The van der Waals surface area contributed by atoms with Crippen molar-refractivity contribution in [3.05, 3.63) is 59.9 Å². The first kappa shape index (κ1) is 20.6. The lowest BCUT2D eigenvalue weighted by atomic mass is 9.92. The SMILES string of the molecule is N#CC1CCN(C(=O)C2CCN(Cc3ccccc3-c3ccccc3F)CC2)CC1. The van der Waals surface area contributed by atoms with Crippen LogP contribution in [0, 0.1) is 29.0 Å². The molecular formula is C25H28FN3O. The molecule has 4 rings (SSSR count). The maximum Gasteiger partial charge on any atom is 0.225 e. The van der Waals surface area contributed by atoms with E-state index in [0.29, 0.717) is 18.7 Å². The standard InChI is InChI=1S/C25H28FN3O/c26-24-8-4-3-7-23(24)22-6-2-1-5-21(22)18-28-13-11-20(12-14-28)25(30)29-15-9-19(17-27)10-16-29/h1-8,19-20H,9-16,18H2. The molecule has 0 bridgehead atoms. The molecule has 2 aliphatic rings. The predicted octanol–water partition coefficient (Wildman–Crippen LogP) is 4.47. The van der Waals surface area contributed by atoms with Gasteiger partial charge in [0.25, 0.3) is 0 Å². The Morgan fingerprint density at radius 1 is 0.933 bits per heavy atom. The van der Waals surface area contributed by atoms with Crippen molar-refractivity contribution in [2.45, 2.75) is 32.2 Å². The van der Waals surface area contributed by atoms with E-state index in [1.165, 1.54) is 6.07 Å². The van der Waals surface area contributed by atoms with Gasteiger partial charge in [-0.2, -0.15) is 5.26 Å². The molecular weight excluding hydrogens is 377 g/mol. The highest BCUT2D eigenvalue weighted by Crippen LogP contribution is 2.29. The Balaban J connectivity index is 1.36. The minimum Gasteiger partial charge on any atom is -0.342 e. The Bertz CT molecular complexity index is 922. The first-order valence-corrected chi connectivity index (χ1v) is 10.9. The van der Waals surface area contributed by atoms with E-state index in [2.05, 4.69) is 17.0 Å². The van der Waals surface area contributed by atoms with E-state index in [0.717, 1.165) is 56.4 Å². The summed E-state index contributed by atoms with van der Waals surface area (Å²) in [6.45, 7) is 3.94. The second-order valence-electron chi connectivity index (χ2n) is 8.42. The summed E-state index contributed by atoms with van der Waals surface area (Å²) in [5.41, 5.74) is 2.69. The average molecular weight is 406 g/mol. The van der Waals surface area contributed by atoms with Crippen molar-refractivity contribution in [1.29, 1.82) is 5.26 Å². The summed E-state index contributed by atoms with van der Waals surface area (Å²) in [5.74, 6) is 0.249. The molecule has 2 aliphatic heterocycles. The molecule has 0 radical (unpaired) electrons. The van der Waals surface area contributed by atoms with Crippen LogP contribution in [0.5, 0.6) is 0 Å². The van der Waals surface area contributed by atoms with Crippen LogP contribution in [-0.4, -0.2) is 41.9 Å². The fraction of sp³-hybridized carbons (Fsp3) is 0.440. The minimum absolute atomic E-state index is 0.0849. The van der Waals surface area contributed by atoms with Crippen LogP contribution in [-0.2, 0) is 11.3 Å². The maximum absolute atomic E-state index is 14.3. The van der Waals surface area contributed by atoms with Crippen LogP contribution in [0.3, 0.4) is 0 Å². The molecule has 0 atom stereocenters. The second kappa shape index (κ2) is 9.40. The molecule has 156 valence electrons. The monoisotopic (exact) mass is 405 g/mol. The molecule has 0 aromatic heterocycles. The largest absolute Gasteiger partial charge is 0.342 e.